The van der Waals surface area contributed by atoms with Gasteiger partial charge in [-0.3, -0.25) is 9.59 Å². The van der Waals surface area contributed by atoms with E-state index in [4.69, 9.17) is 13.7 Å². The molecule has 10 heteroatoms. The number of nitrogens with one attached hydrogen (secondary N) is 1. The second-order valence-corrected chi connectivity index (χ2v) is 11.9. The van der Waals surface area contributed by atoms with Crippen molar-refractivity contribution in [2.24, 2.45) is 5.41 Å². The van der Waals surface area contributed by atoms with E-state index in [0.29, 0.717) is 30.8 Å². The summed E-state index contributed by atoms with van der Waals surface area (Å²) >= 11 is 0. The minimum atomic E-state index is -4.19. The predicted octanol–water partition coefficient (Wildman–Crippen LogP) is 4.37. The van der Waals surface area contributed by atoms with Gasteiger partial charge in [0.2, 0.25) is 11.8 Å². The molecule has 1 aliphatic rings. The Bertz CT molecular complexity index is 1200. The maximum atomic E-state index is 13.2. The molecule has 1 fully saturated rings. The van der Waals surface area contributed by atoms with Crippen molar-refractivity contribution in [1.29, 1.82) is 0 Å². The highest BCUT2D eigenvalue weighted by Crippen LogP contribution is 2.32. The Hall–Kier alpha value is -3.11. The quantitative estimate of drug-likeness (QED) is 0.453. The molecule has 1 heterocycles. The zero-order valence-corrected chi connectivity index (χ0v) is 22.9. The molecule has 0 unspecified atom stereocenters. The minimum Gasteiger partial charge on any atom is -0.493 e. The van der Waals surface area contributed by atoms with Crippen LogP contribution < -0.4 is 14.2 Å². The first-order chi connectivity index (χ1) is 17.4. The molecule has 0 aromatic heterocycles. The van der Waals surface area contributed by atoms with E-state index in [1.54, 1.807) is 23.1 Å². The van der Waals surface area contributed by atoms with Gasteiger partial charge in [0.15, 0.2) is 11.5 Å². The third-order valence-corrected chi connectivity index (χ3v) is 7.00. The number of hydrogen-bond acceptors (Lipinski definition) is 7. The molecule has 1 N–H and O–H groups in total. The minimum absolute atomic E-state index is 0.00756. The van der Waals surface area contributed by atoms with Crippen LogP contribution in [0.15, 0.2) is 47.4 Å². The summed E-state index contributed by atoms with van der Waals surface area (Å²) in [5, 5.41) is 2.59. The van der Waals surface area contributed by atoms with Crippen molar-refractivity contribution >= 4 is 27.6 Å². The molecule has 0 spiro atoms. The van der Waals surface area contributed by atoms with Crippen LogP contribution in [0, 0.1) is 5.41 Å². The molecule has 2 aromatic carbocycles. The fraction of sp³-hybridized carbons (Fsp3) is 0.481. The molecule has 0 radical (unpaired) electrons. The summed E-state index contributed by atoms with van der Waals surface area (Å²) < 4.78 is 42.5. The first-order valence-corrected chi connectivity index (χ1v) is 13.7. The van der Waals surface area contributed by atoms with Crippen LogP contribution in [0.3, 0.4) is 0 Å². The molecule has 0 saturated carbocycles. The number of hydrogen-bond donors (Lipinski definition) is 1. The molecular formula is C27H36N2O7S. The smallest absolute Gasteiger partial charge is 0.339 e. The Morgan fingerprint density at radius 3 is 2.38 bits per heavy atom. The summed E-state index contributed by atoms with van der Waals surface area (Å²) in [5.41, 5.74) is 0.994. The Balaban J connectivity index is 1.83. The van der Waals surface area contributed by atoms with Crippen LogP contribution in [-0.2, 0) is 31.0 Å². The van der Waals surface area contributed by atoms with Gasteiger partial charge in [0.25, 0.3) is 0 Å². The molecule has 1 saturated heterocycles. The van der Waals surface area contributed by atoms with Gasteiger partial charge < -0.3 is 23.9 Å². The van der Waals surface area contributed by atoms with Gasteiger partial charge in [-0.05, 0) is 60.2 Å². The molecule has 1 atom stereocenters. The number of nitrogens with zero attached hydrogens (tertiary/aromatic N) is 1. The molecule has 3 rings (SSSR count). The van der Waals surface area contributed by atoms with E-state index in [9.17, 15) is 18.0 Å². The van der Waals surface area contributed by atoms with Crippen molar-refractivity contribution in [2.45, 2.75) is 64.5 Å². The summed E-state index contributed by atoms with van der Waals surface area (Å²) in [4.78, 5) is 26.1. The van der Waals surface area contributed by atoms with Crippen molar-refractivity contribution in [2.75, 3.05) is 25.6 Å². The van der Waals surface area contributed by atoms with Crippen molar-refractivity contribution in [3.8, 4) is 11.5 Å². The van der Waals surface area contributed by atoms with E-state index in [2.05, 4.69) is 5.32 Å². The van der Waals surface area contributed by atoms with Gasteiger partial charge in [-0.2, -0.15) is 8.42 Å². The molecule has 202 valence electrons. The number of anilines is 1. The lowest BCUT2D eigenvalue weighted by Gasteiger charge is -2.29. The van der Waals surface area contributed by atoms with E-state index in [1.165, 1.54) is 38.3 Å². The Labute approximate surface area is 219 Å². The van der Waals surface area contributed by atoms with Gasteiger partial charge in [-0.15, -0.1) is 0 Å². The van der Waals surface area contributed by atoms with Crippen LogP contribution in [0.1, 0.15) is 52.5 Å². The van der Waals surface area contributed by atoms with Crippen molar-refractivity contribution < 1.29 is 31.7 Å². The lowest BCUT2D eigenvalue weighted by Crippen LogP contribution is -2.38. The summed E-state index contributed by atoms with van der Waals surface area (Å²) in [7, 11) is -2.76. The Kier molecular flexibility index (Phi) is 9.20. The van der Waals surface area contributed by atoms with Crippen LogP contribution in [0.25, 0.3) is 0 Å². The Morgan fingerprint density at radius 2 is 1.81 bits per heavy atom. The fourth-order valence-electron chi connectivity index (χ4n) is 4.03. The third-order valence-electron chi connectivity index (χ3n) is 5.75. The number of methoxy groups -OCH3 is 1. The lowest BCUT2D eigenvalue weighted by molar-refractivity contribution is -0.135. The van der Waals surface area contributed by atoms with E-state index < -0.39 is 10.1 Å². The lowest BCUT2D eigenvalue weighted by atomic mass is 9.91. The molecule has 0 bridgehead atoms. The van der Waals surface area contributed by atoms with E-state index >= 15 is 0 Å². The highest BCUT2D eigenvalue weighted by atomic mass is 32.2. The number of amides is 2. The summed E-state index contributed by atoms with van der Waals surface area (Å²) in [6, 6.07) is 10.7. The predicted molar refractivity (Wildman–Crippen MR) is 140 cm³/mol. The van der Waals surface area contributed by atoms with Crippen LogP contribution in [0.2, 0.25) is 0 Å². The van der Waals surface area contributed by atoms with E-state index in [1.807, 2.05) is 20.8 Å². The summed E-state index contributed by atoms with van der Waals surface area (Å²) in [5.74, 6) is 0.0104. The standard InChI is InChI=1S/C27H36N2O7S/c1-19(30)28-21-9-11-23(12-10-21)37(32,33)36-25-15-20(8-13-24(25)34-5)17-29(18-22-7-6-14-35-22)26(31)16-27(2,3)4/h8-13,15,22H,6-7,14,16-18H2,1-5H3,(H,28,30)/t22-/m1/s1. The van der Waals surface area contributed by atoms with E-state index in [-0.39, 0.29) is 46.3 Å². The first-order valence-electron chi connectivity index (χ1n) is 12.2. The number of benzene rings is 2. The Morgan fingerprint density at radius 1 is 1.11 bits per heavy atom. The number of rotatable bonds is 10. The topological polar surface area (TPSA) is 111 Å². The monoisotopic (exact) mass is 532 g/mol. The van der Waals surface area contributed by atoms with Gasteiger partial charge in [0.1, 0.15) is 4.90 Å². The molecule has 2 aromatic rings. The molecule has 1 aliphatic heterocycles. The molecule has 37 heavy (non-hydrogen) atoms. The number of carbonyl (C=O) groups excluding carboxylic acids is 2. The van der Waals surface area contributed by atoms with Gasteiger partial charge in [-0.25, -0.2) is 0 Å². The van der Waals surface area contributed by atoms with Gasteiger partial charge in [-0.1, -0.05) is 26.8 Å². The largest absolute Gasteiger partial charge is 0.493 e. The zero-order valence-electron chi connectivity index (χ0n) is 22.1. The average Bonchev–Trinajstić information content (AvgIpc) is 3.31. The fourth-order valence-corrected chi connectivity index (χ4v) is 4.97. The second-order valence-electron chi connectivity index (χ2n) is 10.4. The highest BCUT2D eigenvalue weighted by molar-refractivity contribution is 7.87. The molecular weight excluding hydrogens is 496 g/mol. The number of carbonyl (C=O) groups is 2. The van der Waals surface area contributed by atoms with E-state index in [0.717, 1.165) is 12.8 Å². The zero-order chi connectivity index (χ0) is 27.2. The third kappa shape index (κ3) is 8.46. The number of ether oxygens (including phenoxy) is 2. The SMILES string of the molecule is COc1ccc(CN(C[C@H]2CCCO2)C(=O)CC(C)(C)C)cc1OS(=O)(=O)c1ccc(NC(C)=O)cc1. The summed E-state index contributed by atoms with van der Waals surface area (Å²) in [6.07, 6.45) is 2.23. The molecule has 2 amide bonds. The van der Waals surface area contributed by atoms with Gasteiger partial charge in [0, 0.05) is 38.7 Å². The molecule has 0 aliphatic carbocycles. The van der Waals surface area contributed by atoms with Crippen molar-refractivity contribution in [3.05, 3.63) is 48.0 Å². The van der Waals surface area contributed by atoms with Gasteiger partial charge in [0.05, 0.1) is 13.2 Å². The maximum absolute atomic E-state index is 13.2. The van der Waals surface area contributed by atoms with Crippen LogP contribution in [0.5, 0.6) is 11.5 Å². The molecule has 9 nitrogen and oxygen atoms in total. The highest BCUT2D eigenvalue weighted by Gasteiger charge is 2.27. The average molecular weight is 533 g/mol. The maximum Gasteiger partial charge on any atom is 0.339 e. The van der Waals surface area contributed by atoms with Crippen LogP contribution in [-0.4, -0.2) is 51.5 Å². The van der Waals surface area contributed by atoms with Crippen LogP contribution >= 0.6 is 0 Å². The first kappa shape index (κ1) is 28.5. The normalized spacial score (nSPS) is 15.8. The van der Waals surface area contributed by atoms with Crippen LogP contribution in [0.4, 0.5) is 5.69 Å². The van der Waals surface area contributed by atoms with Crippen molar-refractivity contribution in [3.63, 3.8) is 0 Å². The second kappa shape index (κ2) is 12.0. The summed E-state index contributed by atoms with van der Waals surface area (Å²) in [6.45, 7) is 8.85. The van der Waals surface area contributed by atoms with Crippen molar-refractivity contribution in [1.82, 2.24) is 4.90 Å². The van der Waals surface area contributed by atoms with Gasteiger partial charge >= 0.3 is 10.1 Å².